The summed E-state index contributed by atoms with van der Waals surface area (Å²) < 4.78 is 0. The van der Waals surface area contributed by atoms with E-state index in [1.54, 1.807) is 0 Å². The fourth-order valence-electron chi connectivity index (χ4n) is 5.39. The van der Waals surface area contributed by atoms with Gasteiger partial charge in [0.05, 0.1) is 0 Å². The first-order chi connectivity index (χ1) is 13.6. The smallest absolute Gasteiger partial charge is 0.270 e. The monoisotopic (exact) mass is 383 g/mol. The fraction of sp³-hybridized carbons (Fsp3) is 0.750. The Balaban J connectivity index is 1.56. The molecule has 1 amide bonds. The van der Waals surface area contributed by atoms with E-state index in [0.29, 0.717) is 11.6 Å². The maximum Gasteiger partial charge on any atom is 0.270 e. The average Bonchev–Trinajstić information content (AvgIpc) is 3.38. The van der Waals surface area contributed by atoms with Gasteiger partial charge in [-0.1, -0.05) is 44.9 Å². The molecule has 1 saturated heterocycles. The van der Waals surface area contributed by atoms with Gasteiger partial charge in [-0.15, -0.1) is 0 Å². The summed E-state index contributed by atoms with van der Waals surface area (Å²) in [5, 5.41) is 3.39. The number of rotatable bonds is 4. The molecule has 0 atom stereocenters. The third-order valence-corrected chi connectivity index (χ3v) is 7.18. The number of pyridine rings is 1. The molecule has 2 saturated carbocycles. The zero-order valence-electron chi connectivity index (χ0n) is 17.6. The van der Waals surface area contributed by atoms with Crippen LogP contribution >= 0.6 is 0 Å². The number of hydrogen-bond acceptors (Lipinski definition) is 3. The summed E-state index contributed by atoms with van der Waals surface area (Å²) in [5.41, 5.74) is 2.91. The topological polar surface area (TPSA) is 45.2 Å². The van der Waals surface area contributed by atoms with Crippen LogP contribution < -0.4 is 10.2 Å². The molecule has 2 aliphatic carbocycles. The molecule has 28 heavy (non-hydrogen) atoms. The predicted molar refractivity (Wildman–Crippen MR) is 115 cm³/mol. The Morgan fingerprint density at radius 1 is 0.964 bits per heavy atom. The van der Waals surface area contributed by atoms with E-state index in [9.17, 15) is 4.79 Å². The van der Waals surface area contributed by atoms with Crippen LogP contribution in [0.25, 0.3) is 0 Å². The fourth-order valence-corrected chi connectivity index (χ4v) is 5.39. The molecule has 1 aliphatic heterocycles. The minimum atomic E-state index is -0.0870. The number of nitrogens with one attached hydrogen (secondary N) is 1. The van der Waals surface area contributed by atoms with Gasteiger partial charge in [0.15, 0.2) is 0 Å². The van der Waals surface area contributed by atoms with Gasteiger partial charge in [-0.25, -0.2) is 4.98 Å². The van der Waals surface area contributed by atoms with Gasteiger partial charge in [0.25, 0.3) is 5.91 Å². The molecule has 1 N–H and O–H groups in total. The maximum atomic E-state index is 13.3. The van der Waals surface area contributed by atoms with Gasteiger partial charge in [-0.2, -0.15) is 0 Å². The van der Waals surface area contributed by atoms with Crippen molar-refractivity contribution in [2.24, 2.45) is 0 Å². The Morgan fingerprint density at radius 2 is 1.61 bits per heavy atom. The van der Waals surface area contributed by atoms with Crippen LogP contribution in [0.3, 0.4) is 0 Å². The van der Waals surface area contributed by atoms with Crippen molar-refractivity contribution >= 4 is 11.6 Å². The van der Waals surface area contributed by atoms with Crippen molar-refractivity contribution in [1.82, 2.24) is 10.3 Å². The highest BCUT2D eigenvalue weighted by Crippen LogP contribution is 2.35. The second-order valence-electron chi connectivity index (χ2n) is 9.59. The molecule has 4 nitrogen and oxygen atoms in total. The summed E-state index contributed by atoms with van der Waals surface area (Å²) in [6, 6.07) is 4.32. The van der Waals surface area contributed by atoms with Gasteiger partial charge >= 0.3 is 0 Å². The summed E-state index contributed by atoms with van der Waals surface area (Å²) in [7, 11) is 0. The standard InChI is InChI=1S/C24H37N3O/c1-24(13-7-3-2-4-8-14-24)26-23(28)22-18-20(27-15-9-10-16-27)17-21(25-22)19-11-5-6-12-19/h17-19H,2-16H2,1H3,(H,26,28). The van der Waals surface area contributed by atoms with Crippen molar-refractivity contribution in [2.45, 2.75) is 102 Å². The lowest BCUT2D eigenvalue weighted by molar-refractivity contribution is 0.0884. The Labute approximate surface area is 170 Å². The Kier molecular flexibility index (Phi) is 6.22. The quantitative estimate of drug-likeness (QED) is 0.739. The molecule has 0 unspecified atom stereocenters. The molecule has 0 radical (unpaired) electrons. The van der Waals surface area contributed by atoms with E-state index in [4.69, 9.17) is 4.98 Å². The van der Waals surface area contributed by atoms with Gasteiger partial charge in [-0.05, 0) is 57.6 Å². The highest BCUT2D eigenvalue weighted by Gasteiger charge is 2.29. The summed E-state index contributed by atoms with van der Waals surface area (Å²) >= 11 is 0. The van der Waals surface area contributed by atoms with Crippen molar-refractivity contribution in [3.8, 4) is 0 Å². The molecule has 3 aliphatic rings. The summed E-state index contributed by atoms with van der Waals surface area (Å²) in [5.74, 6) is 0.564. The minimum absolute atomic E-state index is 0.0309. The summed E-state index contributed by atoms with van der Waals surface area (Å²) in [6.07, 6.45) is 16.0. The van der Waals surface area contributed by atoms with Crippen LogP contribution in [-0.4, -0.2) is 29.5 Å². The largest absolute Gasteiger partial charge is 0.371 e. The first kappa shape index (κ1) is 19.7. The Morgan fingerprint density at radius 3 is 2.29 bits per heavy atom. The predicted octanol–water partition coefficient (Wildman–Crippen LogP) is 5.57. The second kappa shape index (κ2) is 8.84. The normalized spacial score (nSPS) is 23.4. The zero-order valence-corrected chi connectivity index (χ0v) is 17.6. The van der Waals surface area contributed by atoms with Crippen LogP contribution in [0.2, 0.25) is 0 Å². The minimum Gasteiger partial charge on any atom is -0.371 e. The van der Waals surface area contributed by atoms with Gasteiger partial charge in [0.2, 0.25) is 0 Å². The van der Waals surface area contributed by atoms with E-state index in [0.717, 1.165) is 31.6 Å². The maximum absolute atomic E-state index is 13.3. The number of anilines is 1. The number of amides is 1. The number of aromatic nitrogens is 1. The molecular weight excluding hydrogens is 346 g/mol. The number of carbonyl (C=O) groups is 1. The van der Waals surface area contributed by atoms with E-state index in [2.05, 4.69) is 23.2 Å². The molecular formula is C24H37N3O. The van der Waals surface area contributed by atoms with Crippen molar-refractivity contribution in [3.63, 3.8) is 0 Å². The molecule has 154 valence electrons. The average molecular weight is 384 g/mol. The highest BCUT2D eigenvalue weighted by atomic mass is 16.2. The van der Waals surface area contributed by atoms with Crippen LogP contribution in [0, 0.1) is 0 Å². The van der Waals surface area contributed by atoms with E-state index in [1.165, 1.54) is 76.3 Å². The molecule has 4 heteroatoms. The molecule has 0 spiro atoms. The second-order valence-corrected chi connectivity index (χ2v) is 9.59. The molecule has 1 aromatic rings. The van der Waals surface area contributed by atoms with Crippen LogP contribution in [0.1, 0.15) is 112 Å². The van der Waals surface area contributed by atoms with Crippen molar-refractivity contribution in [3.05, 3.63) is 23.5 Å². The SMILES string of the molecule is CC1(NC(=O)c2cc(N3CCCC3)cc(C3CCCC3)n2)CCCCCCC1. The molecule has 4 rings (SSSR count). The molecule has 0 aromatic carbocycles. The van der Waals surface area contributed by atoms with Crippen molar-refractivity contribution < 1.29 is 4.79 Å². The lowest BCUT2D eigenvalue weighted by Gasteiger charge is -2.33. The van der Waals surface area contributed by atoms with Gasteiger partial charge < -0.3 is 10.2 Å². The lowest BCUT2D eigenvalue weighted by Crippen LogP contribution is -2.46. The number of hydrogen-bond donors (Lipinski definition) is 1. The van der Waals surface area contributed by atoms with E-state index in [-0.39, 0.29) is 11.4 Å². The molecule has 0 bridgehead atoms. The third-order valence-electron chi connectivity index (χ3n) is 7.18. The summed E-state index contributed by atoms with van der Waals surface area (Å²) in [6.45, 7) is 4.44. The molecule has 2 heterocycles. The van der Waals surface area contributed by atoms with Crippen molar-refractivity contribution in [1.29, 1.82) is 0 Å². The number of carbonyl (C=O) groups excluding carboxylic acids is 1. The van der Waals surface area contributed by atoms with Crippen LogP contribution in [-0.2, 0) is 0 Å². The van der Waals surface area contributed by atoms with Crippen LogP contribution in [0.15, 0.2) is 12.1 Å². The summed E-state index contributed by atoms with van der Waals surface area (Å²) in [4.78, 5) is 20.6. The molecule has 1 aromatic heterocycles. The van der Waals surface area contributed by atoms with E-state index in [1.807, 2.05) is 6.07 Å². The third kappa shape index (κ3) is 4.69. The van der Waals surface area contributed by atoms with E-state index >= 15 is 0 Å². The van der Waals surface area contributed by atoms with E-state index < -0.39 is 0 Å². The van der Waals surface area contributed by atoms with Crippen molar-refractivity contribution in [2.75, 3.05) is 18.0 Å². The van der Waals surface area contributed by atoms with Crippen LogP contribution in [0.4, 0.5) is 5.69 Å². The highest BCUT2D eigenvalue weighted by molar-refractivity contribution is 5.93. The first-order valence-corrected chi connectivity index (χ1v) is 11.7. The van der Waals surface area contributed by atoms with Gasteiger partial charge in [-0.3, -0.25) is 4.79 Å². The van der Waals surface area contributed by atoms with Gasteiger partial charge in [0, 0.05) is 35.9 Å². The van der Waals surface area contributed by atoms with Gasteiger partial charge in [0.1, 0.15) is 5.69 Å². The Hall–Kier alpha value is -1.58. The Bertz CT molecular complexity index is 632. The molecule has 3 fully saturated rings. The number of nitrogens with zero attached hydrogens (tertiary/aromatic N) is 2. The first-order valence-electron chi connectivity index (χ1n) is 11.7. The zero-order chi connectivity index (χ0) is 19.4. The van der Waals surface area contributed by atoms with Crippen LogP contribution in [0.5, 0.6) is 0 Å². The lowest BCUT2D eigenvalue weighted by atomic mass is 9.85.